The Morgan fingerprint density at radius 1 is 1.18 bits per heavy atom. The first-order chi connectivity index (χ1) is 8.28. The van der Waals surface area contributed by atoms with E-state index < -0.39 is 0 Å². The van der Waals surface area contributed by atoms with Crippen LogP contribution < -0.4 is 5.32 Å². The highest BCUT2D eigenvalue weighted by Crippen LogP contribution is 2.08. The van der Waals surface area contributed by atoms with Gasteiger partial charge in [-0.05, 0) is 29.8 Å². The average molecular weight is 227 g/mol. The van der Waals surface area contributed by atoms with Crippen molar-refractivity contribution in [2.45, 2.75) is 6.54 Å². The Morgan fingerprint density at radius 3 is 2.53 bits per heavy atom. The van der Waals surface area contributed by atoms with Crippen molar-refractivity contribution < 1.29 is 4.39 Å². The molecule has 2 aromatic rings. The van der Waals surface area contributed by atoms with Crippen molar-refractivity contribution in [2.75, 3.05) is 5.32 Å². The number of aromatic nitrogens is 1. The molecule has 3 nitrogen and oxygen atoms in total. The first-order valence-corrected chi connectivity index (χ1v) is 5.12. The van der Waals surface area contributed by atoms with E-state index >= 15 is 0 Å². The molecular weight excluding hydrogens is 217 g/mol. The van der Waals surface area contributed by atoms with Gasteiger partial charge in [0, 0.05) is 12.7 Å². The van der Waals surface area contributed by atoms with Gasteiger partial charge in [-0.2, -0.15) is 5.26 Å². The molecule has 0 fully saturated rings. The molecule has 0 atom stereocenters. The molecule has 0 spiro atoms. The van der Waals surface area contributed by atoms with Crippen molar-refractivity contribution in [3.8, 4) is 6.07 Å². The zero-order valence-electron chi connectivity index (χ0n) is 9.02. The smallest absolute Gasteiger partial charge is 0.126 e. The number of hydrogen-bond donors (Lipinski definition) is 1. The molecule has 1 aromatic carbocycles. The largest absolute Gasteiger partial charge is 0.366 e. The lowest BCUT2D eigenvalue weighted by Gasteiger charge is -2.05. The Bertz CT molecular complexity index is 526. The summed E-state index contributed by atoms with van der Waals surface area (Å²) in [6.45, 7) is 0.569. The van der Waals surface area contributed by atoms with Crippen LogP contribution >= 0.6 is 0 Å². The molecule has 0 saturated carbocycles. The van der Waals surface area contributed by atoms with Crippen LogP contribution in [0.5, 0.6) is 0 Å². The SMILES string of the molecule is N#Cc1ccc(NCc2ccc(F)cc2)nc1. The fourth-order valence-corrected chi connectivity index (χ4v) is 1.36. The van der Waals surface area contributed by atoms with E-state index in [1.807, 2.05) is 6.07 Å². The van der Waals surface area contributed by atoms with Crippen molar-refractivity contribution in [3.05, 3.63) is 59.5 Å². The second kappa shape index (κ2) is 5.08. The fraction of sp³-hybridized carbons (Fsp3) is 0.0769. The molecular formula is C13H10FN3. The number of anilines is 1. The predicted octanol–water partition coefficient (Wildman–Crippen LogP) is 2.70. The number of benzene rings is 1. The van der Waals surface area contributed by atoms with Gasteiger partial charge in [0.2, 0.25) is 0 Å². The third kappa shape index (κ3) is 3.02. The van der Waals surface area contributed by atoms with Gasteiger partial charge in [-0.15, -0.1) is 0 Å². The number of hydrogen-bond acceptors (Lipinski definition) is 3. The third-order valence-corrected chi connectivity index (χ3v) is 2.28. The minimum absolute atomic E-state index is 0.245. The molecule has 0 bridgehead atoms. The maximum Gasteiger partial charge on any atom is 0.126 e. The molecule has 0 radical (unpaired) electrons. The van der Waals surface area contributed by atoms with E-state index in [1.165, 1.54) is 18.3 Å². The normalized spacial score (nSPS) is 9.65. The molecule has 0 aliphatic heterocycles. The van der Waals surface area contributed by atoms with Crippen molar-refractivity contribution in [3.63, 3.8) is 0 Å². The highest BCUT2D eigenvalue weighted by atomic mass is 19.1. The molecule has 2 rings (SSSR count). The van der Waals surface area contributed by atoms with Crippen LogP contribution in [0.4, 0.5) is 10.2 Å². The topological polar surface area (TPSA) is 48.7 Å². The molecule has 0 amide bonds. The second-order valence-electron chi connectivity index (χ2n) is 3.52. The molecule has 0 aliphatic carbocycles. The Hall–Kier alpha value is -2.41. The first-order valence-electron chi connectivity index (χ1n) is 5.12. The molecule has 1 aromatic heterocycles. The number of nitriles is 1. The highest BCUT2D eigenvalue weighted by Gasteiger charge is 1.96. The first kappa shape index (κ1) is 11.1. The van der Waals surface area contributed by atoms with Gasteiger partial charge in [0.05, 0.1) is 5.56 Å². The minimum Gasteiger partial charge on any atom is -0.366 e. The van der Waals surface area contributed by atoms with Gasteiger partial charge in [0.1, 0.15) is 17.7 Å². The summed E-state index contributed by atoms with van der Waals surface area (Å²) in [7, 11) is 0. The number of nitrogens with zero attached hydrogens (tertiary/aromatic N) is 2. The summed E-state index contributed by atoms with van der Waals surface area (Å²) < 4.78 is 12.7. The number of nitrogens with one attached hydrogen (secondary N) is 1. The van der Waals surface area contributed by atoms with Crippen LogP contribution in [0.2, 0.25) is 0 Å². The second-order valence-corrected chi connectivity index (χ2v) is 3.52. The van der Waals surface area contributed by atoms with E-state index in [4.69, 9.17) is 5.26 Å². The number of halogens is 1. The lowest BCUT2D eigenvalue weighted by Crippen LogP contribution is -2.01. The van der Waals surface area contributed by atoms with Gasteiger partial charge in [0.15, 0.2) is 0 Å². The summed E-state index contributed by atoms with van der Waals surface area (Å²) in [6.07, 6.45) is 1.51. The summed E-state index contributed by atoms with van der Waals surface area (Å²) in [5, 5.41) is 11.7. The van der Waals surface area contributed by atoms with Crippen LogP contribution in [0.25, 0.3) is 0 Å². The van der Waals surface area contributed by atoms with E-state index in [2.05, 4.69) is 10.3 Å². The summed E-state index contributed by atoms with van der Waals surface area (Å²) in [6, 6.07) is 11.7. The average Bonchev–Trinajstić information content (AvgIpc) is 2.39. The molecule has 4 heteroatoms. The van der Waals surface area contributed by atoms with Crippen molar-refractivity contribution in [2.24, 2.45) is 0 Å². The zero-order chi connectivity index (χ0) is 12.1. The summed E-state index contributed by atoms with van der Waals surface area (Å²) in [5.74, 6) is 0.443. The van der Waals surface area contributed by atoms with Crippen LogP contribution in [0.15, 0.2) is 42.6 Å². The van der Waals surface area contributed by atoms with Crippen LogP contribution in [0.1, 0.15) is 11.1 Å². The van der Waals surface area contributed by atoms with Crippen LogP contribution in [0.3, 0.4) is 0 Å². The van der Waals surface area contributed by atoms with Crippen LogP contribution in [-0.2, 0) is 6.54 Å². The van der Waals surface area contributed by atoms with Gasteiger partial charge in [-0.1, -0.05) is 12.1 Å². The molecule has 0 aliphatic rings. The van der Waals surface area contributed by atoms with Crippen molar-refractivity contribution >= 4 is 5.82 Å². The fourth-order valence-electron chi connectivity index (χ4n) is 1.36. The van der Waals surface area contributed by atoms with E-state index in [0.29, 0.717) is 17.9 Å². The van der Waals surface area contributed by atoms with E-state index in [-0.39, 0.29) is 5.82 Å². The van der Waals surface area contributed by atoms with Gasteiger partial charge in [-0.3, -0.25) is 0 Å². The minimum atomic E-state index is -0.245. The molecule has 17 heavy (non-hydrogen) atoms. The molecule has 84 valence electrons. The van der Waals surface area contributed by atoms with Gasteiger partial charge >= 0.3 is 0 Å². The Kier molecular flexibility index (Phi) is 3.31. The molecule has 1 heterocycles. The summed E-state index contributed by atoms with van der Waals surface area (Å²) in [4.78, 5) is 4.07. The lowest BCUT2D eigenvalue weighted by molar-refractivity contribution is 0.627. The van der Waals surface area contributed by atoms with Crippen LogP contribution in [0, 0.1) is 17.1 Å². The van der Waals surface area contributed by atoms with Crippen molar-refractivity contribution in [1.29, 1.82) is 5.26 Å². The molecule has 1 N–H and O–H groups in total. The van der Waals surface area contributed by atoms with Gasteiger partial charge in [-0.25, -0.2) is 9.37 Å². The quantitative estimate of drug-likeness (QED) is 0.877. The Balaban J connectivity index is 1.98. The standard InChI is InChI=1S/C13H10FN3/c14-12-4-1-10(2-5-12)8-16-13-6-3-11(7-15)9-17-13/h1-6,9H,8H2,(H,16,17). The van der Waals surface area contributed by atoms with Crippen LogP contribution in [-0.4, -0.2) is 4.98 Å². The van der Waals surface area contributed by atoms with E-state index in [0.717, 1.165) is 5.56 Å². The maximum absolute atomic E-state index is 12.7. The Labute approximate surface area is 98.5 Å². The lowest BCUT2D eigenvalue weighted by atomic mass is 10.2. The third-order valence-electron chi connectivity index (χ3n) is 2.28. The predicted molar refractivity (Wildman–Crippen MR) is 62.7 cm³/mol. The van der Waals surface area contributed by atoms with Gasteiger partial charge < -0.3 is 5.32 Å². The highest BCUT2D eigenvalue weighted by molar-refractivity contribution is 5.39. The van der Waals surface area contributed by atoms with Crippen molar-refractivity contribution in [1.82, 2.24) is 4.98 Å². The zero-order valence-corrected chi connectivity index (χ0v) is 9.02. The summed E-state index contributed by atoms with van der Waals surface area (Å²) >= 11 is 0. The Morgan fingerprint density at radius 2 is 1.94 bits per heavy atom. The molecule has 0 unspecified atom stereocenters. The summed E-state index contributed by atoms with van der Waals surface area (Å²) in [5.41, 5.74) is 1.50. The monoisotopic (exact) mass is 227 g/mol. The number of rotatable bonds is 3. The van der Waals surface area contributed by atoms with E-state index in [1.54, 1.807) is 24.3 Å². The number of pyridine rings is 1. The maximum atomic E-state index is 12.7. The van der Waals surface area contributed by atoms with E-state index in [9.17, 15) is 4.39 Å². The van der Waals surface area contributed by atoms with Gasteiger partial charge in [0.25, 0.3) is 0 Å². The molecule has 0 saturated heterocycles.